The average molecular weight is 287 g/mol. The highest BCUT2D eigenvalue weighted by Crippen LogP contribution is 2.31. The van der Waals surface area contributed by atoms with Crippen molar-refractivity contribution in [3.05, 3.63) is 23.8 Å². The molecule has 112 valence electrons. The third-order valence-corrected chi connectivity index (χ3v) is 3.98. The van der Waals surface area contributed by atoms with Crippen LogP contribution in [0.3, 0.4) is 0 Å². The molecule has 1 aliphatic carbocycles. The lowest BCUT2D eigenvalue weighted by Crippen LogP contribution is -2.24. The van der Waals surface area contributed by atoms with Gasteiger partial charge in [0.05, 0.1) is 11.4 Å². The maximum Gasteiger partial charge on any atom is 0.251 e. The molecule has 21 heavy (non-hydrogen) atoms. The summed E-state index contributed by atoms with van der Waals surface area (Å²) in [5, 5.41) is 9.06. The van der Waals surface area contributed by atoms with Crippen LogP contribution >= 0.6 is 0 Å². The van der Waals surface area contributed by atoms with Gasteiger partial charge in [0.1, 0.15) is 0 Å². The molecule has 2 amide bonds. The van der Waals surface area contributed by atoms with Gasteiger partial charge in [-0.2, -0.15) is 0 Å². The molecule has 1 heterocycles. The molecule has 0 bridgehead atoms. The summed E-state index contributed by atoms with van der Waals surface area (Å²) < 4.78 is 0. The van der Waals surface area contributed by atoms with E-state index in [0.29, 0.717) is 17.7 Å². The zero-order chi connectivity index (χ0) is 14.8. The molecule has 1 aromatic rings. The van der Waals surface area contributed by atoms with E-state index in [2.05, 4.69) is 16.0 Å². The Morgan fingerprint density at radius 2 is 2.14 bits per heavy atom. The highest BCUT2D eigenvalue weighted by molar-refractivity contribution is 6.00. The number of hydrogen-bond acceptors (Lipinski definition) is 3. The minimum absolute atomic E-state index is 0.0277. The smallest absolute Gasteiger partial charge is 0.251 e. The van der Waals surface area contributed by atoms with Crippen molar-refractivity contribution in [3.8, 4) is 0 Å². The lowest BCUT2D eigenvalue weighted by Gasteiger charge is -2.12. The molecule has 5 nitrogen and oxygen atoms in total. The predicted octanol–water partition coefficient (Wildman–Crippen LogP) is 2.36. The number of fused-ring (bicyclic) bond motifs is 1. The highest BCUT2D eigenvalue weighted by atomic mass is 16.2. The van der Waals surface area contributed by atoms with Crippen LogP contribution in [-0.4, -0.2) is 24.4 Å². The maximum atomic E-state index is 12.1. The summed E-state index contributed by atoms with van der Waals surface area (Å²) in [6.45, 7) is 2.69. The van der Waals surface area contributed by atoms with Gasteiger partial charge in [-0.15, -0.1) is 0 Å². The van der Waals surface area contributed by atoms with Crippen LogP contribution in [0, 0.1) is 5.92 Å². The van der Waals surface area contributed by atoms with Gasteiger partial charge in [0.2, 0.25) is 5.91 Å². The zero-order valence-electron chi connectivity index (χ0n) is 12.2. The quantitative estimate of drug-likeness (QED) is 0.796. The molecule has 0 saturated heterocycles. The molecule has 5 heteroatoms. The summed E-state index contributed by atoms with van der Waals surface area (Å²) >= 11 is 0. The van der Waals surface area contributed by atoms with Crippen molar-refractivity contribution in [2.75, 3.05) is 17.2 Å². The average Bonchev–Trinajstić information content (AvgIpc) is 3.24. The molecule has 1 aliphatic heterocycles. The van der Waals surface area contributed by atoms with Crippen LogP contribution in [0.25, 0.3) is 0 Å². The molecular weight excluding hydrogens is 266 g/mol. The van der Waals surface area contributed by atoms with E-state index in [0.717, 1.165) is 24.6 Å². The third kappa shape index (κ3) is 3.54. The van der Waals surface area contributed by atoms with Crippen molar-refractivity contribution in [2.24, 2.45) is 5.92 Å². The summed E-state index contributed by atoms with van der Waals surface area (Å²) in [4.78, 5) is 23.9. The van der Waals surface area contributed by atoms with Crippen LogP contribution in [0.1, 0.15) is 43.0 Å². The first-order valence-electron chi connectivity index (χ1n) is 7.60. The Balaban J connectivity index is 1.68. The SMILES string of the molecule is C[C@H]1CC(=O)Nc2cc(C(=O)NCCC3CC3)ccc2N1. The molecule has 0 spiro atoms. The second-order valence-electron chi connectivity index (χ2n) is 6.05. The number of benzene rings is 1. The number of carbonyl (C=O) groups is 2. The monoisotopic (exact) mass is 287 g/mol. The van der Waals surface area contributed by atoms with E-state index >= 15 is 0 Å². The molecule has 0 aromatic heterocycles. The first kappa shape index (κ1) is 13.9. The molecule has 1 aromatic carbocycles. The predicted molar refractivity (Wildman–Crippen MR) is 82.4 cm³/mol. The Morgan fingerprint density at radius 3 is 2.90 bits per heavy atom. The normalized spacial score (nSPS) is 20.8. The molecule has 3 N–H and O–H groups in total. The number of hydrogen-bond donors (Lipinski definition) is 3. The summed E-state index contributed by atoms with van der Waals surface area (Å²) in [5.74, 6) is 0.701. The van der Waals surface area contributed by atoms with Crippen molar-refractivity contribution in [1.82, 2.24) is 5.32 Å². The zero-order valence-corrected chi connectivity index (χ0v) is 12.2. The molecular formula is C16H21N3O2. The Morgan fingerprint density at radius 1 is 1.33 bits per heavy atom. The molecule has 3 rings (SSSR count). The highest BCUT2D eigenvalue weighted by Gasteiger charge is 2.21. The fourth-order valence-electron chi connectivity index (χ4n) is 2.61. The van der Waals surface area contributed by atoms with Crippen LogP contribution in [0.2, 0.25) is 0 Å². The van der Waals surface area contributed by atoms with Gasteiger partial charge in [-0.3, -0.25) is 9.59 Å². The lowest BCUT2D eigenvalue weighted by molar-refractivity contribution is -0.116. The number of rotatable bonds is 4. The van der Waals surface area contributed by atoms with Crippen LogP contribution < -0.4 is 16.0 Å². The molecule has 1 atom stereocenters. The van der Waals surface area contributed by atoms with Crippen molar-refractivity contribution >= 4 is 23.2 Å². The molecule has 1 fully saturated rings. The summed E-state index contributed by atoms with van der Waals surface area (Å²) in [5.41, 5.74) is 2.13. The third-order valence-electron chi connectivity index (χ3n) is 3.98. The first-order chi connectivity index (χ1) is 10.1. The van der Waals surface area contributed by atoms with Crippen LogP contribution in [0.15, 0.2) is 18.2 Å². The van der Waals surface area contributed by atoms with Gasteiger partial charge >= 0.3 is 0 Å². The molecule has 2 aliphatic rings. The van der Waals surface area contributed by atoms with Gasteiger partial charge in [0, 0.05) is 24.6 Å². The van der Waals surface area contributed by atoms with E-state index in [1.807, 2.05) is 13.0 Å². The van der Waals surface area contributed by atoms with E-state index in [1.54, 1.807) is 12.1 Å². The summed E-state index contributed by atoms with van der Waals surface area (Å²) in [6.07, 6.45) is 4.08. The van der Waals surface area contributed by atoms with Crippen molar-refractivity contribution in [1.29, 1.82) is 0 Å². The molecule has 0 radical (unpaired) electrons. The standard InChI is InChI=1S/C16H21N3O2/c1-10-8-15(20)19-14-9-12(4-5-13(14)18-10)16(21)17-7-6-11-2-3-11/h4-5,9-11,18H,2-3,6-8H2,1H3,(H,17,21)(H,19,20)/t10-/m0/s1. The van der Waals surface area contributed by atoms with Gasteiger partial charge in [0.15, 0.2) is 0 Å². The molecule has 1 saturated carbocycles. The number of amides is 2. The van der Waals surface area contributed by atoms with Gasteiger partial charge in [-0.25, -0.2) is 0 Å². The lowest BCUT2D eigenvalue weighted by atomic mass is 10.1. The van der Waals surface area contributed by atoms with Gasteiger partial charge in [-0.05, 0) is 37.5 Å². The Hall–Kier alpha value is -2.04. The minimum atomic E-state index is -0.0787. The minimum Gasteiger partial charge on any atom is -0.380 e. The van der Waals surface area contributed by atoms with E-state index in [-0.39, 0.29) is 17.9 Å². The topological polar surface area (TPSA) is 70.2 Å². The summed E-state index contributed by atoms with van der Waals surface area (Å²) in [6, 6.07) is 5.48. The van der Waals surface area contributed by atoms with E-state index in [9.17, 15) is 9.59 Å². The number of carbonyl (C=O) groups excluding carboxylic acids is 2. The Labute approximate surface area is 124 Å². The number of nitrogens with one attached hydrogen (secondary N) is 3. The van der Waals surface area contributed by atoms with Crippen LogP contribution in [0.4, 0.5) is 11.4 Å². The fourth-order valence-corrected chi connectivity index (χ4v) is 2.61. The van der Waals surface area contributed by atoms with Gasteiger partial charge < -0.3 is 16.0 Å². The van der Waals surface area contributed by atoms with E-state index in [1.165, 1.54) is 12.8 Å². The summed E-state index contributed by atoms with van der Waals surface area (Å²) in [7, 11) is 0. The first-order valence-corrected chi connectivity index (χ1v) is 7.60. The largest absolute Gasteiger partial charge is 0.380 e. The number of anilines is 2. The maximum absolute atomic E-state index is 12.1. The second-order valence-corrected chi connectivity index (χ2v) is 6.05. The van der Waals surface area contributed by atoms with Crippen LogP contribution in [0.5, 0.6) is 0 Å². The fraction of sp³-hybridized carbons (Fsp3) is 0.500. The van der Waals surface area contributed by atoms with Crippen LogP contribution in [-0.2, 0) is 4.79 Å². The van der Waals surface area contributed by atoms with Gasteiger partial charge in [0.25, 0.3) is 5.91 Å². The molecule has 0 unspecified atom stereocenters. The van der Waals surface area contributed by atoms with E-state index in [4.69, 9.17) is 0 Å². The van der Waals surface area contributed by atoms with Gasteiger partial charge in [-0.1, -0.05) is 12.8 Å². The van der Waals surface area contributed by atoms with E-state index < -0.39 is 0 Å². The van der Waals surface area contributed by atoms with Crippen molar-refractivity contribution < 1.29 is 9.59 Å². The van der Waals surface area contributed by atoms with Crippen molar-refractivity contribution in [2.45, 2.75) is 38.6 Å². The van der Waals surface area contributed by atoms with Crippen molar-refractivity contribution in [3.63, 3.8) is 0 Å². The Kier molecular flexibility index (Phi) is 3.82. The Bertz CT molecular complexity index is 567. The second kappa shape index (κ2) is 5.76.